The van der Waals surface area contributed by atoms with Gasteiger partial charge in [-0.1, -0.05) is 280 Å². The molecule has 0 radical (unpaired) electrons. The van der Waals surface area contributed by atoms with Crippen molar-refractivity contribution in [3.05, 3.63) is 72.9 Å². The Bertz CT molecular complexity index is 1270. The fourth-order valence-electron chi connectivity index (χ4n) is 8.18. The van der Waals surface area contributed by atoms with Gasteiger partial charge in [-0.3, -0.25) is 14.4 Å². The largest absolute Gasteiger partial charge is 0.462 e. The molecule has 0 spiro atoms. The quantitative estimate of drug-likeness (QED) is 0.0262. The van der Waals surface area contributed by atoms with Gasteiger partial charge in [0.05, 0.1) is 0 Å². The zero-order valence-corrected chi connectivity index (χ0v) is 44.9. The third kappa shape index (κ3) is 53.8. The molecule has 0 N–H and O–H groups in total. The summed E-state index contributed by atoms with van der Waals surface area (Å²) in [6.07, 6.45) is 71.9. The van der Waals surface area contributed by atoms with Gasteiger partial charge < -0.3 is 14.2 Å². The van der Waals surface area contributed by atoms with E-state index in [1.807, 2.05) is 6.08 Å². The SMILES string of the molecule is CC/C=C\C/C=C\C/C=C\C/C=C\C/C=C\C/C=C\CCC(=O)OC[C@H](COC(=O)CCCCCCCCCCCCCC)OC(=O)CCCCCCCCCCCCCCCCCCCCC. The van der Waals surface area contributed by atoms with Gasteiger partial charge in [-0.05, 0) is 57.8 Å². The summed E-state index contributed by atoms with van der Waals surface area (Å²) in [6.45, 7) is 6.49. The Morgan fingerprint density at radius 3 is 0.897 bits per heavy atom. The summed E-state index contributed by atoms with van der Waals surface area (Å²) in [5.41, 5.74) is 0. The van der Waals surface area contributed by atoms with E-state index in [1.165, 1.54) is 161 Å². The van der Waals surface area contributed by atoms with Crippen LogP contribution in [-0.2, 0) is 28.6 Å². The number of hydrogen-bond donors (Lipinski definition) is 0. The van der Waals surface area contributed by atoms with E-state index < -0.39 is 6.10 Å². The lowest BCUT2D eigenvalue weighted by atomic mass is 10.0. The second-order valence-corrected chi connectivity index (χ2v) is 19.2. The van der Waals surface area contributed by atoms with Crippen molar-refractivity contribution in [1.82, 2.24) is 0 Å². The first-order valence-corrected chi connectivity index (χ1v) is 28.9. The van der Waals surface area contributed by atoms with Crippen molar-refractivity contribution in [2.24, 2.45) is 0 Å². The number of allylic oxidation sites excluding steroid dienone is 12. The predicted molar refractivity (Wildman–Crippen MR) is 293 cm³/mol. The van der Waals surface area contributed by atoms with Crippen molar-refractivity contribution in [2.75, 3.05) is 13.2 Å². The van der Waals surface area contributed by atoms with Crippen molar-refractivity contribution in [1.29, 1.82) is 0 Å². The molecule has 6 nitrogen and oxygen atoms in total. The van der Waals surface area contributed by atoms with E-state index in [1.54, 1.807) is 0 Å². The minimum Gasteiger partial charge on any atom is -0.462 e. The summed E-state index contributed by atoms with van der Waals surface area (Å²) in [5.74, 6) is -0.971. The highest BCUT2D eigenvalue weighted by Gasteiger charge is 2.19. The third-order valence-corrected chi connectivity index (χ3v) is 12.5. The van der Waals surface area contributed by atoms with E-state index in [9.17, 15) is 14.4 Å². The van der Waals surface area contributed by atoms with Crippen molar-refractivity contribution >= 4 is 17.9 Å². The minimum absolute atomic E-state index is 0.0948. The van der Waals surface area contributed by atoms with Crippen LogP contribution in [0.5, 0.6) is 0 Å². The summed E-state index contributed by atoms with van der Waals surface area (Å²) in [6, 6.07) is 0. The maximum Gasteiger partial charge on any atom is 0.306 e. The highest BCUT2D eigenvalue weighted by Crippen LogP contribution is 2.16. The van der Waals surface area contributed by atoms with Crippen LogP contribution in [0.2, 0.25) is 0 Å². The number of carbonyl (C=O) groups is 3. The molecule has 0 aromatic rings. The lowest BCUT2D eigenvalue weighted by Crippen LogP contribution is -2.30. The Balaban J connectivity index is 4.43. The summed E-state index contributed by atoms with van der Waals surface area (Å²) in [4.78, 5) is 38.1. The first-order valence-electron chi connectivity index (χ1n) is 28.9. The van der Waals surface area contributed by atoms with Crippen LogP contribution in [0.15, 0.2) is 72.9 Å². The first-order chi connectivity index (χ1) is 33.5. The molecule has 0 amide bonds. The van der Waals surface area contributed by atoms with Gasteiger partial charge in [-0.15, -0.1) is 0 Å². The minimum atomic E-state index is -0.802. The molecule has 1 atom stereocenters. The average Bonchev–Trinajstić information content (AvgIpc) is 3.34. The van der Waals surface area contributed by atoms with E-state index in [2.05, 4.69) is 87.6 Å². The second kappa shape index (κ2) is 56.4. The van der Waals surface area contributed by atoms with Crippen LogP contribution < -0.4 is 0 Å². The molecule has 0 aliphatic carbocycles. The van der Waals surface area contributed by atoms with Crippen molar-refractivity contribution in [3.8, 4) is 0 Å². The van der Waals surface area contributed by atoms with Crippen molar-refractivity contribution in [2.45, 2.75) is 290 Å². The lowest BCUT2D eigenvalue weighted by molar-refractivity contribution is -0.166. The van der Waals surface area contributed by atoms with Crippen molar-refractivity contribution in [3.63, 3.8) is 0 Å². The number of hydrogen-bond acceptors (Lipinski definition) is 6. The molecule has 0 saturated heterocycles. The molecule has 0 aromatic carbocycles. The molecule has 392 valence electrons. The Morgan fingerprint density at radius 2 is 0.574 bits per heavy atom. The number of esters is 3. The fourth-order valence-corrected chi connectivity index (χ4v) is 8.18. The van der Waals surface area contributed by atoms with Gasteiger partial charge >= 0.3 is 17.9 Å². The fraction of sp³-hybridized carbons (Fsp3) is 0.758. The number of ether oxygens (including phenoxy) is 3. The van der Waals surface area contributed by atoms with Crippen LogP contribution in [0.3, 0.4) is 0 Å². The van der Waals surface area contributed by atoms with Crippen LogP contribution in [0.25, 0.3) is 0 Å². The molecule has 6 heteroatoms. The molecule has 0 rings (SSSR count). The Hall–Kier alpha value is -3.15. The molecular weight excluding hydrogens is 841 g/mol. The average molecular weight is 950 g/mol. The molecule has 0 aromatic heterocycles. The smallest absolute Gasteiger partial charge is 0.306 e. The number of rotatable bonds is 52. The zero-order valence-electron chi connectivity index (χ0n) is 44.9. The Kier molecular flexibility index (Phi) is 53.8. The van der Waals surface area contributed by atoms with Crippen LogP contribution >= 0.6 is 0 Å². The van der Waals surface area contributed by atoms with Crippen LogP contribution in [0.1, 0.15) is 284 Å². The monoisotopic (exact) mass is 949 g/mol. The maximum absolute atomic E-state index is 12.9. The van der Waals surface area contributed by atoms with Crippen molar-refractivity contribution < 1.29 is 28.6 Å². The number of carbonyl (C=O) groups excluding carboxylic acids is 3. The molecule has 0 aliphatic rings. The van der Waals surface area contributed by atoms with Gasteiger partial charge in [-0.25, -0.2) is 0 Å². The van der Waals surface area contributed by atoms with E-state index in [0.29, 0.717) is 19.3 Å². The number of unbranched alkanes of at least 4 members (excludes halogenated alkanes) is 29. The summed E-state index contributed by atoms with van der Waals surface area (Å²) < 4.78 is 16.8. The highest BCUT2D eigenvalue weighted by molar-refractivity contribution is 5.71. The van der Waals surface area contributed by atoms with Gasteiger partial charge in [0.1, 0.15) is 13.2 Å². The standard InChI is InChI=1S/C62H108O6/c1-4-7-10-13-16-19-22-25-27-29-31-33-35-37-40-43-46-49-52-55-61(64)67-58-59(57-66-60(63)54-51-48-45-42-39-24-21-18-15-12-9-6-3)68-62(65)56-53-50-47-44-41-38-36-34-32-30-28-26-23-20-17-14-11-8-5-2/h7,10,16,19,25,27,31,33,37,40,46,49,59H,4-6,8-9,11-15,17-18,20-24,26,28-30,32,34-36,38-39,41-45,47-48,50-58H2,1-3H3/b10-7-,19-16-,27-25-,33-31-,40-37-,49-46-/t59-/m0/s1. The summed E-state index contributed by atoms with van der Waals surface area (Å²) in [7, 11) is 0. The van der Waals surface area contributed by atoms with E-state index in [0.717, 1.165) is 77.0 Å². The van der Waals surface area contributed by atoms with Crippen LogP contribution in [-0.4, -0.2) is 37.2 Å². The van der Waals surface area contributed by atoms with Crippen LogP contribution in [0.4, 0.5) is 0 Å². The highest BCUT2D eigenvalue weighted by atomic mass is 16.6. The lowest BCUT2D eigenvalue weighted by Gasteiger charge is -2.18. The Labute approximate surface area is 421 Å². The Morgan fingerprint density at radius 1 is 0.309 bits per heavy atom. The third-order valence-electron chi connectivity index (χ3n) is 12.5. The van der Waals surface area contributed by atoms with E-state index in [-0.39, 0.29) is 37.5 Å². The van der Waals surface area contributed by atoms with Gasteiger partial charge in [-0.2, -0.15) is 0 Å². The predicted octanol–water partition coefficient (Wildman–Crippen LogP) is 19.4. The molecule has 0 unspecified atom stereocenters. The zero-order chi connectivity index (χ0) is 49.3. The van der Waals surface area contributed by atoms with E-state index in [4.69, 9.17) is 14.2 Å². The topological polar surface area (TPSA) is 78.9 Å². The van der Waals surface area contributed by atoms with E-state index >= 15 is 0 Å². The molecule has 0 bridgehead atoms. The molecule has 0 heterocycles. The second-order valence-electron chi connectivity index (χ2n) is 19.2. The first kappa shape index (κ1) is 64.8. The molecule has 0 aliphatic heterocycles. The normalized spacial score (nSPS) is 12.6. The van der Waals surface area contributed by atoms with Gasteiger partial charge in [0.2, 0.25) is 0 Å². The maximum atomic E-state index is 12.9. The van der Waals surface area contributed by atoms with Gasteiger partial charge in [0.25, 0.3) is 0 Å². The van der Waals surface area contributed by atoms with Gasteiger partial charge in [0, 0.05) is 19.3 Å². The van der Waals surface area contributed by atoms with Gasteiger partial charge in [0.15, 0.2) is 6.10 Å². The summed E-state index contributed by atoms with van der Waals surface area (Å²) >= 11 is 0. The molecular formula is C62H108O6. The molecule has 0 fully saturated rings. The molecule has 0 saturated carbocycles. The summed E-state index contributed by atoms with van der Waals surface area (Å²) in [5, 5.41) is 0. The molecule has 68 heavy (non-hydrogen) atoms. The van der Waals surface area contributed by atoms with Crippen LogP contribution in [0, 0.1) is 0 Å².